The van der Waals surface area contributed by atoms with Crippen LogP contribution in [0.4, 0.5) is 19.3 Å². The number of halogens is 2. The Morgan fingerprint density at radius 1 is 0.884 bits per heavy atom. The average Bonchev–Trinajstić information content (AvgIpc) is 3.72. The van der Waals surface area contributed by atoms with E-state index >= 15 is 8.78 Å². The second kappa shape index (κ2) is 19.7. The molecular weight excluding hydrogens is 903 g/mol. The van der Waals surface area contributed by atoms with Crippen molar-refractivity contribution < 1.29 is 41.7 Å². The van der Waals surface area contributed by atoms with E-state index in [4.69, 9.17) is 4.74 Å². The highest BCUT2D eigenvalue weighted by Crippen LogP contribution is 2.39. The number of fused-ring (bicyclic) bond motifs is 1. The molecule has 69 heavy (non-hydrogen) atoms. The predicted molar refractivity (Wildman–Crippen MR) is 261 cm³/mol. The molecule has 0 aliphatic carbocycles. The van der Waals surface area contributed by atoms with Gasteiger partial charge in [-0.3, -0.25) is 4.79 Å². The van der Waals surface area contributed by atoms with Gasteiger partial charge in [0.25, 0.3) is 15.9 Å². The number of amides is 2. The molecule has 4 heterocycles. The first kappa shape index (κ1) is 49.4. The van der Waals surface area contributed by atoms with E-state index in [1.165, 1.54) is 54.5 Å². The van der Waals surface area contributed by atoms with Gasteiger partial charge < -0.3 is 30.1 Å². The third-order valence-electron chi connectivity index (χ3n) is 13.7. The van der Waals surface area contributed by atoms with Crippen LogP contribution < -0.4 is 5.32 Å². The van der Waals surface area contributed by atoms with E-state index in [-0.39, 0.29) is 56.2 Å². The first-order valence-corrected chi connectivity index (χ1v) is 24.9. The average molecular weight is 963 g/mol. The molecule has 2 fully saturated rings. The Morgan fingerprint density at radius 3 is 2.25 bits per heavy atom. The second-order valence-corrected chi connectivity index (χ2v) is 21.8. The van der Waals surface area contributed by atoms with E-state index in [1.54, 1.807) is 36.1 Å². The van der Waals surface area contributed by atoms with Gasteiger partial charge >= 0.3 is 6.09 Å². The Bertz CT molecular complexity index is 2960. The zero-order valence-electron chi connectivity index (χ0n) is 39.9. The molecule has 0 saturated carbocycles. The van der Waals surface area contributed by atoms with Crippen LogP contribution in [-0.4, -0.2) is 92.7 Å². The maximum Gasteiger partial charge on any atom is 0.407 e. The number of carbonyl (C=O) groups is 2. The summed E-state index contributed by atoms with van der Waals surface area (Å²) >= 11 is 0. The lowest BCUT2D eigenvalue weighted by atomic mass is 9.76. The minimum Gasteiger partial charge on any atom is -0.465 e. The number of aliphatic hydroxyl groups is 1. The molecule has 2 aliphatic rings. The molecule has 16 heteroatoms. The quantitative estimate of drug-likeness (QED) is 0.101. The van der Waals surface area contributed by atoms with Crippen molar-refractivity contribution in [1.82, 2.24) is 23.7 Å². The highest BCUT2D eigenvalue weighted by molar-refractivity contribution is 7.90. The van der Waals surface area contributed by atoms with Crippen molar-refractivity contribution in [2.24, 2.45) is 11.3 Å². The van der Waals surface area contributed by atoms with Gasteiger partial charge in [0.05, 0.1) is 40.2 Å². The third kappa shape index (κ3) is 10.7. The van der Waals surface area contributed by atoms with E-state index in [0.29, 0.717) is 41.3 Å². The molecule has 364 valence electrons. The molecule has 6 aromatic rings. The topological polar surface area (TPSA) is 167 Å². The number of hydrogen-bond donors (Lipinski definition) is 3. The number of carboxylic acid groups (broad SMARTS) is 1. The largest absolute Gasteiger partial charge is 0.465 e. The van der Waals surface area contributed by atoms with Gasteiger partial charge in [-0.15, -0.1) is 0 Å². The SMILES string of the molecule is Cc1c(NC(=O)c2ccc(C(C)(C)O)cc2F)cc(F)cc1-c1ncnc2c1cc(-c1ccc(COC3CCN(CCC4CCN(C(=O)O)C(C(C)(C)C)C4)CC3)cc1)n2S(=O)(=O)c1ccccc1. The van der Waals surface area contributed by atoms with Gasteiger partial charge in [0, 0.05) is 42.3 Å². The van der Waals surface area contributed by atoms with Crippen LogP contribution in [0, 0.1) is 29.9 Å². The second-order valence-electron chi connectivity index (χ2n) is 20.0. The number of anilines is 1. The fourth-order valence-electron chi connectivity index (χ4n) is 9.67. The normalized spacial score (nSPS) is 17.6. The standard InChI is InChI=1S/C53H60F2N6O7S/c1-33-42(28-38(54)29-45(33)58-50(62)41-17-16-37(27-44(41)55)53(5,6)65)48-43-30-46(61(49(43)57-32-56-48)69(66,67)40-10-8-7-9-11-40)36-14-12-35(13-15-36)31-68-39-20-23-59(24-21-39)22-18-34-19-25-60(51(63)64)47(26-34)52(2,3)4/h7-17,27-30,32,34,39,47,65H,18-26,31H2,1-6H3,(H,58,62)(H,63,64). The van der Waals surface area contributed by atoms with Crippen molar-refractivity contribution in [2.45, 2.75) is 103 Å². The summed E-state index contributed by atoms with van der Waals surface area (Å²) in [4.78, 5) is 38.4. The minimum atomic E-state index is -4.26. The number of hydrogen-bond acceptors (Lipinski definition) is 9. The first-order valence-electron chi connectivity index (χ1n) is 23.4. The monoisotopic (exact) mass is 962 g/mol. The van der Waals surface area contributed by atoms with E-state index < -0.39 is 39.3 Å². The molecule has 2 saturated heterocycles. The number of likely N-dealkylation sites (tertiary alicyclic amines) is 2. The zero-order valence-corrected chi connectivity index (χ0v) is 40.7. The smallest absolute Gasteiger partial charge is 0.407 e. The van der Waals surface area contributed by atoms with Gasteiger partial charge in [0.15, 0.2) is 5.65 Å². The van der Waals surface area contributed by atoms with Crippen LogP contribution in [0.2, 0.25) is 0 Å². The number of rotatable bonds is 13. The lowest BCUT2D eigenvalue weighted by Gasteiger charge is -2.45. The van der Waals surface area contributed by atoms with E-state index in [2.05, 4.69) is 41.0 Å². The Kier molecular flexibility index (Phi) is 14.1. The number of nitrogens with one attached hydrogen (secondary N) is 1. The number of benzene rings is 4. The molecule has 0 spiro atoms. The maximum atomic E-state index is 15.5. The third-order valence-corrected chi connectivity index (χ3v) is 15.4. The molecule has 0 radical (unpaired) electrons. The molecule has 2 aliphatic heterocycles. The van der Waals surface area contributed by atoms with E-state index in [9.17, 15) is 28.2 Å². The van der Waals surface area contributed by atoms with Crippen molar-refractivity contribution in [1.29, 1.82) is 0 Å². The highest BCUT2D eigenvalue weighted by Gasteiger charge is 2.39. The highest BCUT2D eigenvalue weighted by atomic mass is 32.2. The summed E-state index contributed by atoms with van der Waals surface area (Å²) in [6, 6.07) is 23.3. The number of piperidine rings is 2. The van der Waals surface area contributed by atoms with Gasteiger partial charge in [-0.05, 0) is 135 Å². The zero-order chi connectivity index (χ0) is 49.4. The van der Waals surface area contributed by atoms with Gasteiger partial charge in [0.1, 0.15) is 18.0 Å². The molecule has 0 bridgehead atoms. The number of ether oxygens (including phenoxy) is 1. The summed E-state index contributed by atoms with van der Waals surface area (Å²) in [5, 5.41) is 23.0. The summed E-state index contributed by atoms with van der Waals surface area (Å²) in [6.45, 7) is 14.8. The van der Waals surface area contributed by atoms with Gasteiger partial charge in [-0.1, -0.05) is 69.3 Å². The van der Waals surface area contributed by atoms with Crippen LogP contribution in [0.3, 0.4) is 0 Å². The summed E-state index contributed by atoms with van der Waals surface area (Å²) in [5.74, 6) is -1.93. The lowest BCUT2D eigenvalue weighted by molar-refractivity contribution is -0.00513. The van der Waals surface area contributed by atoms with E-state index in [0.717, 1.165) is 69.4 Å². The molecule has 13 nitrogen and oxygen atoms in total. The molecular formula is C53H60F2N6O7S. The maximum absolute atomic E-state index is 15.5. The minimum absolute atomic E-state index is 0.0130. The summed E-state index contributed by atoms with van der Waals surface area (Å²) in [6.07, 6.45) is 5.10. The van der Waals surface area contributed by atoms with Crippen molar-refractivity contribution in [3.8, 4) is 22.5 Å². The Labute approximate surface area is 402 Å². The summed E-state index contributed by atoms with van der Waals surface area (Å²) in [5.41, 5.74) is 1.25. The van der Waals surface area contributed by atoms with Crippen molar-refractivity contribution in [3.63, 3.8) is 0 Å². The Hall–Kier alpha value is -6.07. The van der Waals surface area contributed by atoms with Crippen LogP contribution in [0.25, 0.3) is 33.5 Å². The van der Waals surface area contributed by atoms with Gasteiger partial charge in [-0.2, -0.15) is 0 Å². The molecule has 2 unspecified atom stereocenters. The lowest BCUT2D eigenvalue weighted by Crippen LogP contribution is -2.51. The Balaban J connectivity index is 0.998. The Morgan fingerprint density at radius 2 is 1.59 bits per heavy atom. The molecule has 2 aromatic heterocycles. The molecule has 8 rings (SSSR count). The first-order chi connectivity index (χ1) is 32.7. The van der Waals surface area contributed by atoms with Crippen LogP contribution in [0.1, 0.15) is 93.8 Å². The molecule has 2 atom stereocenters. The van der Waals surface area contributed by atoms with Crippen LogP contribution in [0.15, 0.2) is 102 Å². The van der Waals surface area contributed by atoms with Crippen molar-refractivity contribution in [2.75, 3.05) is 31.5 Å². The van der Waals surface area contributed by atoms with Crippen LogP contribution >= 0.6 is 0 Å². The van der Waals surface area contributed by atoms with E-state index in [1.807, 2.05) is 24.3 Å². The molecule has 3 N–H and O–H groups in total. The molecule has 4 aromatic carbocycles. The van der Waals surface area contributed by atoms with Gasteiger partial charge in [-0.25, -0.2) is 35.9 Å². The fraction of sp³-hybridized carbons (Fsp3) is 0.396. The fourth-order valence-corrected chi connectivity index (χ4v) is 11.2. The van der Waals surface area contributed by atoms with Crippen molar-refractivity contribution >= 4 is 38.7 Å². The van der Waals surface area contributed by atoms with Gasteiger partial charge in [0.2, 0.25) is 0 Å². The molecule has 2 amide bonds. The number of carbonyl (C=O) groups excluding carboxylic acids is 1. The summed E-state index contributed by atoms with van der Waals surface area (Å²) in [7, 11) is -4.26. The summed E-state index contributed by atoms with van der Waals surface area (Å²) < 4.78 is 67.4. The predicted octanol–water partition coefficient (Wildman–Crippen LogP) is 10.2. The van der Waals surface area contributed by atoms with Crippen molar-refractivity contribution in [3.05, 3.63) is 131 Å². The number of aromatic nitrogens is 3. The number of nitrogens with zero attached hydrogens (tertiary/aromatic N) is 5. The van der Waals surface area contributed by atoms with Crippen LogP contribution in [-0.2, 0) is 27.0 Å². The van der Waals surface area contributed by atoms with Crippen LogP contribution in [0.5, 0.6) is 0 Å².